The summed E-state index contributed by atoms with van der Waals surface area (Å²) in [7, 11) is 1.73. The van der Waals surface area contributed by atoms with Gasteiger partial charge in [-0.1, -0.05) is 43.2 Å². The van der Waals surface area contributed by atoms with E-state index in [2.05, 4.69) is 37.4 Å². The van der Waals surface area contributed by atoms with E-state index in [0.717, 1.165) is 22.9 Å². The zero-order valence-electron chi connectivity index (χ0n) is 16.1. The number of nitrogens with zero attached hydrogens (tertiary/aromatic N) is 1. The van der Waals surface area contributed by atoms with E-state index >= 15 is 0 Å². The molecule has 4 N–H and O–H groups in total. The molecule has 0 spiro atoms. The number of hydrogen-bond acceptors (Lipinski definition) is 3. The molecule has 1 aromatic heterocycles. The lowest BCUT2D eigenvalue weighted by Gasteiger charge is -2.29. The number of nitrogens with one attached hydrogen (secondary N) is 4. The molecule has 2 aromatic rings. The highest BCUT2D eigenvalue weighted by molar-refractivity contribution is 9.10. The summed E-state index contributed by atoms with van der Waals surface area (Å²) in [6.07, 6.45) is 4.43. The van der Waals surface area contributed by atoms with Crippen LogP contribution in [0.2, 0.25) is 0 Å². The minimum Gasteiger partial charge on any atom is -0.345 e. The van der Waals surface area contributed by atoms with Gasteiger partial charge in [-0.2, -0.15) is 0 Å². The molecule has 0 unspecified atom stereocenters. The van der Waals surface area contributed by atoms with Crippen LogP contribution in [0.4, 0.5) is 4.79 Å². The van der Waals surface area contributed by atoms with Crippen molar-refractivity contribution < 1.29 is 14.4 Å². The van der Waals surface area contributed by atoms with Gasteiger partial charge in [0, 0.05) is 24.3 Å². The number of aromatic nitrogens is 1. The predicted molar refractivity (Wildman–Crippen MR) is 112 cm³/mol. The highest BCUT2D eigenvalue weighted by Crippen LogP contribution is 2.29. The van der Waals surface area contributed by atoms with Crippen LogP contribution in [-0.2, 0) is 18.4 Å². The molecule has 4 amide bonds. The largest absolute Gasteiger partial charge is 0.345 e. The van der Waals surface area contributed by atoms with Crippen molar-refractivity contribution in [1.29, 1.82) is 0 Å². The van der Waals surface area contributed by atoms with Gasteiger partial charge in [-0.05, 0) is 40.4 Å². The van der Waals surface area contributed by atoms with Gasteiger partial charge in [-0.15, -0.1) is 0 Å². The lowest BCUT2D eigenvalue weighted by Crippen LogP contribution is -2.61. The Morgan fingerprint density at radius 3 is 2.41 bits per heavy atom. The maximum Gasteiger partial charge on any atom is 0.315 e. The van der Waals surface area contributed by atoms with E-state index in [-0.39, 0.29) is 0 Å². The van der Waals surface area contributed by atoms with Crippen LogP contribution in [0.3, 0.4) is 0 Å². The topological polar surface area (TPSA) is 104 Å². The van der Waals surface area contributed by atoms with Crippen molar-refractivity contribution in [3.63, 3.8) is 0 Å². The molecule has 8 nitrogen and oxygen atoms in total. The molecule has 1 saturated carbocycles. The third kappa shape index (κ3) is 5.17. The van der Waals surface area contributed by atoms with E-state index in [0.29, 0.717) is 25.1 Å². The van der Waals surface area contributed by atoms with Crippen molar-refractivity contribution in [2.75, 3.05) is 0 Å². The monoisotopic (exact) mass is 461 g/mol. The molecule has 1 aliphatic carbocycles. The Morgan fingerprint density at radius 1 is 1.10 bits per heavy atom. The molecule has 29 heavy (non-hydrogen) atoms. The first-order chi connectivity index (χ1) is 13.9. The molecule has 0 aliphatic heterocycles. The van der Waals surface area contributed by atoms with Crippen molar-refractivity contribution in [2.45, 2.75) is 37.8 Å². The molecule has 0 saturated heterocycles. The Hall–Kier alpha value is -2.81. The summed E-state index contributed by atoms with van der Waals surface area (Å²) >= 11 is 3.31. The first kappa shape index (κ1) is 20.9. The van der Waals surface area contributed by atoms with Crippen molar-refractivity contribution >= 4 is 33.8 Å². The molecule has 0 atom stereocenters. The van der Waals surface area contributed by atoms with Crippen molar-refractivity contribution in [1.82, 2.24) is 26.1 Å². The summed E-state index contributed by atoms with van der Waals surface area (Å²) in [6.45, 7) is 0.365. The van der Waals surface area contributed by atoms with Gasteiger partial charge in [-0.3, -0.25) is 20.4 Å². The third-order valence-corrected chi connectivity index (χ3v) is 5.47. The first-order valence-corrected chi connectivity index (χ1v) is 10.2. The summed E-state index contributed by atoms with van der Waals surface area (Å²) in [5.74, 6) is -0.861. The van der Waals surface area contributed by atoms with Crippen LogP contribution < -0.4 is 21.5 Å². The average molecular weight is 462 g/mol. The van der Waals surface area contributed by atoms with E-state index < -0.39 is 23.4 Å². The van der Waals surface area contributed by atoms with E-state index in [4.69, 9.17) is 0 Å². The predicted octanol–water partition coefficient (Wildman–Crippen LogP) is 2.36. The van der Waals surface area contributed by atoms with Crippen LogP contribution in [-0.4, -0.2) is 28.0 Å². The van der Waals surface area contributed by atoms with Crippen LogP contribution in [0, 0.1) is 0 Å². The highest BCUT2D eigenvalue weighted by Gasteiger charge is 2.42. The quantitative estimate of drug-likeness (QED) is 0.513. The second kappa shape index (κ2) is 9.13. The lowest BCUT2D eigenvalue weighted by atomic mass is 9.97. The number of aryl methyl sites for hydroxylation is 1. The summed E-state index contributed by atoms with van der Waals surface area (Å²) in [5.41, 5.74) is 5.23. The zero-order valence-corrected chi connectivity index (χ0v) is 17.7. The van der Waals surface area contributed by atoms with Crippen LogP contribution >= 0.6 is 15.9 Å². The minimum absolute atomic E-state index is 0.365. The number of hydrogen-bond donors (Lipinski definition) is 4. The Bertz CT molecular complexity index is 891. The van der Waals surface area contributed by atoms with Gasteiger partial charge in [0.25, 0.3) is 11.8 Å². The Kier molecular flexibility index (Phi) is 6.58. The fraction of sp³-hybridized carbons (Fsp3) is 0.350. The average Bonchev–Trinajstić information content (AvgIpc) is 3.31. The maximum atomic E-state index is 12.8. The molecule has 1 heterocycles. The molecule has 0 bridgehead atoms. The number of carbonyl (C=O) groups is 3. The molecule has 154 valence electrons. The summed E-state index contributed by atoms with van der Waals surface area (Å²) in [4.78, 5) is 37.5. The van der Waals surface area contributed by atoms with Crippen LogP contribution in [0.25, 0.3) is 0 Å². The zero-order chi connectivity index (χ0) is 20.9. The van der Waals surface area contributed by atoms with E-state index in [1.165, 1.54) is 0 Å². The number of hydrazine groups is 1. The molecule has 0 radical (unpaired) electrons. The van der Waals surface area contributed by atoms with Crippen molar-refractivity contribution in [3.8, 4) is 0 Å². The van der Waals surface area contributed by atoms with Crippen LogP contribution in [0.5, 0.6) is 0 Å². The number of carbonyl (C=O) groups excluding carboxylic acids is 3. The normalized spacial score (nSPS) is 14.8. The summed E-state index contributed by atoms with van der Waals surface area (Å²) in [6, 6.07) is 10.8. The van der Waals surface area contributed by atoms with E-state index in [9.17, 15) is 14.4 Å². The fourth-order valence-corrected chi connectivity index (χ4v) is 4.00. The van der Waals surface area contributed by atoms with Gasteiger partial charge in [0.1, 0.15) is 11.2 Å². The Balaban J connectivity index is 1.57. The second-order valence-corrected chi connectivity index (χ2v) is 8.06. The van der Waals surface area contributed by atoms with Gasteiger partial charge >= 0.3 is 6.03 Å². The molecule has 3 rings (SSSR count). The SMILES string of the molecule is Cn1cc(Br)cc1C(=O)NNC(=O)C1(NC(=O)NCc2ccccc2)CCCC1. The molecule has 1 aromatic carbocycles. The number of urea groups is 1. The Morgan fingerprint density at radius 2 is 1.79 bits per heavy atom. The lowest BCUT2D eigenvalue weighted by molar-refractivity contribution is -0.127. The number of halogens is 1. The Labute approximate surface area is 177 Å². The standard InChI is InChI=1S/C20H24BrN5O3/c1-26-13-15(21)11-16(26)17(27)24-25-18(28)20(9-5-6-10-20)23-19(29)22-12-14-7-3-2-4-8-14/h2-4,7-8,11,13H,5-6,9-10,12H2,1H3,(H,24,27)(H,25,28)(H2,22,23,29). The fourth-order valence-electron chi connectivity index (χ4n) is 3.47. The number of rotatable bonds is 5. The van der Waals surface area contributed by atoms with Crippen LogP contribution in [0.15, 0.2) is 47.1 Å². The number of amides is 4. The van der Waals surface area contributed by atoms with Gasteiger partial charge in [0.05, 0.1) is 0 Å². The molecule has 1 fully saturated rings. The minimum atomic E-state index is -1.04. The molecular weight excluding hydrogens is 438 g/mol. The van der Waals surface area contributed by atoms with E-state index in [1.54, 1.807) is 23.9 Å². The number of benzene rings is 1. The maximum absolute atomic E-state index is 12.8. The summed E-state index contributed by atoms with van der Waals surface area (Å²) in [5, 5.41) is 5.60. The first-order valence-electron chi connectivity index (χ1n) is 9.42. The molecule has 1 aliphatic rings. The molecule has 9 heteroatoms. The third-order valence-electron chi connectivity index (χ3n) is 5.03. The van der Waals surface area contributed by atoms with Gasteiger partial charge < -0.3 is 15.2 Å². The second-order valence-electron chi connectivity index (χ2n) is 7.15. The molecular formula is C20H24BrN5O3. The van der Waals surface area contributed by atoms with Crippen LogP contribution in [0.1, 0.15) is 41.7 Å². The highest BCUT2D eigenvalue weighted by atomic mass is 79.9. The van der Waals surface area contributed by atoms with Gasteiger partial charge in [0.15, 0.2) is 0 Å². The van der Waals surface area contributed by atoms with Gasteiger partial charge in [-0.25, -0.2) is 4.79 Å². The smallest absolute Gasteiger partial charge is 0.315 e. The van der Waals surface area contributed by atoms with Gasteiger partial charge in [0.2, 0.25) is 0 Å². The van der Waals surface area contributed by atoms with Crippen molar-refractivity contribution in [3.05, 3.63) is 58.3 Å². The van der Waals surface area contributed by atoms with E-state index in [1.807, 2.05) is 30.3 Å². The van der Waals surface area contributed by atoms with Crippen molar-refractivity contribution in [2.24, 2.45) is 7.05 Å². The summed E-state index contributed by atoms with van der Waals surface area (Å²) < 4.78 is 2.41.